The molecule has 0 bridgehead atoms. The molecule has 0 saturated heterocycles. The van der Waals surface area contributed by atoms with E-state index in [0.717, 1.165) is 35.3 Å². The molecule has 1 aliphatic heterocycles. The summed E-state index contributed by atoms with van der Waals surface area (Å²) in [5.41, 5.74) is 1.34. The summed E-state index contributed by atoms with van der Waals surface area (Å²) < 4.78 is 5.84. The van der Waals surface area contributed by atoms with Crippen LogP contribution in [-0.2, 0) is 0 Å². The van der Waals surface area contributed by atoms with Gasteiger partial charge in [0.05, 0.1) is 6.10 Å². The Morgan fingerprint density at radius 1 is 1.45 bits per heavy atom. The van der Waals surface area contributed by atoms with Crippen LogP contribution in [0.4, 0.5) is 5.69 Å². The predicted molar refractivity (Wildman–Crippen MR) is 89.0 cm³/mol. The van der Waals surface area contributed by atoms with Gasteiger partial charge in [0.25, 0.3) is 0 Å². The van der Waals surface area contributed by atoms with E-state index < -0.39 is 0 Å². The third-order valence-corrected chi connectivity index (χ3v) is 4.68. The Morgan fingerprint density at radius 2 is 2.25 bits per heavy atom. The van der Waals surface area contributed by atoms with Crippen LogP contribution in [-0.4, -0.2) is 23.6 Å². The van der Waals surface area contributed by atoms with Crippen LogP contribution in [0.15, 0.2) is 29.3 Å². The molecule has 0 amide bonds. The van der Waals surface area contributed by atoms with Crippen molar-refractivity contribution in [2.75, 3.05) is 17.6 Å². The van der Waals surface area contributed by atoms with E-state index in [4.69, 9.17) is 4.74 Å². The monoisotopic (exact) mass is 292 g/mol. The SMILES string of the molecule is CCC(C)Oc1cccc(NC2=NCC(C)(C)CS2)c1. The second-order valence-electron chi connectivity index (χ2n) is 6.06. The fourth-order valence-electron chi connectivity index (χ4n) is 1.80. The average Bonchev–Trinajstić information content (AvgIpc) is 2.41. The summed E-state index contributed by atoms with van der Waals surface area (Å²) in [5.74, 6) is 2.01. The normalized spacial score (nSPS) is 19.1. The molecule has 110 valence electrons. The zero-order chi connectivity index (χ0) is 14.6. The molecule has 0 saturated carbocycles. The van der Waals surface area contributed by atoms with Gasteiger partial charge in [-0.2, -0.15) is 0 Å². The first-order valence-corrected chi connectivity index (χ1v) is 8.18. The first-order valence-electron chi connectivity index (χ1n) is 7.19. The van der Waals surface area contributed by atoms with E-state index in [9.17, 15) is 0 Å². The summed E-state index contributed by atoms with van der Waals surface area (Å²) in [7, 11) is 0. The number of nitrogens with zero attached hydrogens (tertiary/aromatic N) is 1. The predicted octanol–water partition coefficient (Wildman–Crippen LogP) is 4.40. The van der Waals surface area contributed by atoms with Crippen molar-refractivity contribution >= 4 is 22.6 Å². The van der Waals surface area contributed by atoms with Gasteiger partial charge in [0, 0.05) is 24.1 Å². The van der Waals surface area contributed by atoms with Gasteiger partial charge in [-0.05, 0) is 30.9 Å². The Balaban J connectivity index is 2.00. The molecule has 0 aliphatic carbocycles. The second kappa shape index (κ2) is 6.53. The third-order valence-electron chi connectivity index (χ3n) is 3.25. The molecular formula is C16H24N2OS. The highest BCUT2D eigenvalue weighted by Crippen LogP contribution is 2.29. The van der Waals surface area contributed by atoms with Crippen LogP contribution in [0.5, 0.6) is 5.75 Å². The maximum absolute atomic E-state index is 5.84. The van der Waals surface area contributed by atoms with Crippen LogP contribution in [0.2, 0.25) is 0 Å². The molecule has 1 aromatic carbocycles. The molecule has 1 unspecified atom stereocenters. The highest BCUT2D eigenvalue weighted by atomic mass is 32.2. The van der Waals surface area contributed by atoms with Crippen LogP contribution >= 0.6 is 11.8 Å². The summed E-state index contributed by atoms with van der Waals surface area (Å²) in [4.78, 5) is 4.61. The minimum absolute atomic E-state index is 0.243. The minimum Gasteiger partial charge on any atom is -0.491 e. The molecule has 1 aromatic rings. The van der Waals surface area contributed by atoms with Crippen LogP contribution in [0.25, 0.3) is 0 Å². The van der Waals surface area contributed by atoms with Crippen molar-refractivity contribution in [3.05, 3.63) is 24.3 Å². The summed E-state index contributed by atoms with van der Waals surface area (Å²) in [6, 6.07) is 8.09. The minimum atomic E-state index is 0.243. The van der Waals surface area contributed by atoms with Crippen LogP contribution in [0.1, 0.15) is 34.1 Å². The number of benzene rings is 1. The van der Waals surface area contributed by atoms with E-state index in [-0.39, 0.29) is 6.10 Å². The Morgan fingerprint density at radius 3 is 2.90 bits per heavy atom. The van der Waals surface area contributed by atoms with Gasteiger partial charge in [-0.1, -0.05) is 38.6 Å². The average molecular weight is 292 g/mol. The van der Waals surface area contributed by atoms with Gasteiger partial charge in [0.1, 0.15) is 5.75 Å². The molecule has 2 rings (SSSR count). The van der Waals surface area contributed by atoms with E-state index in [1.54, 1.807) is 11.8 Å². The van der Waals surface area contributed by atoms with Crippen LogP contribution in [0.3, 0.4) is 0 Å². The Bertz CT molecular complexity index is 485. The van der Waals surface area contributed by atoms with Gasteiger partial charge >= 0.3 is 0 Å². The molecular weight excluding hydrogens is 268 g/mol. The highest BCUT2D eigenvalue weighted by Gasteiger charge is 2.23. The van der Waals surface area contributed by atoms with Crippen molar-refractivity contribution in [3.63, 3.8) is 0 Å². The van der Waals surface area contributed by atoms with Crippen molar-refractivity contribution in [1.29, 1.82) is 0 Å². The fraction of sp³-hybridized carbons (Fsp3) is 0.562. The first-order chi connectivity index (χ1) is 9.48. The van der Waals surface area contributed by atoms with Gasteiger partial charge in [0.2, 0.25) is 0 Å². The van der Waals surface area contributed by atoms with E-state index >= 15 is 0 Å². The standard InChI is InChI=1S/C16H24N2OS/c1-5-12(2)19-14-8-6-7-13(9-14)18-15-17-10-16(3,4)11-20-15/h6-9,12H,5,10-11H2,1-4H3,(H,17,18). The van der Waals surface area contributed by atoms with E-state index in [2.05, 4.69) is 38.0 Å². The topological polar surface area (TPSA) is 33.6 Å². The summed E-state index contributed by atoms with van der Waals surface area (Å²) in [6.45, 7) is 9.60. The van der Waals surface area contributed by atoms with E-state index in [1.807, 2.05) is 24.3 Å². The molecule has 1 atom stereocenters. The first kappa shape index (κ1) is 15.2. The summed E-state index contributed by atoms with van der Waals surface area (Å²) in [6.07, 6.45) is 1.25. The lowest BCUT2D eigenvalue weighted by molar-refractivity contribution is 0.217. The molecule has 20 heavy (non-hydrogen) atoms. The molecule has 4 heteroatoms. The summed E-state index contributed by atoms with van der Waals surface area (Å²) in [5, 5.41) is 4.39. The quantitative estimate of drug-likeness (QED) is 0.892. The van der Waals surface area contributed by atoms with E-state index in [1.165, 1.54) is 0 Å². The zero-order valence-corrected chi connectivity index (χ0v) is 13.6. The maximum Gasteiger partial charge on any atom is 0.161 e. The number of anilines is 1. The third kappa shape index (κ3) is 4.44. The maximum atomic E-state index is 5.84. The Labute approximate surface area is 126 Å². The van der Waals surface area contributed by atoms with Crippen molar-refractivity contribution < 1.29 is 4.74 Å². The molecule has 0 fully saturated rings. The lowest BCUT2D eigenvalue weighted by Crippen LogP contribution is -2.27. The molecule has 3 nitrogen and oxygen atoms in total. The van der Waals surface area contributed by atoms with Gasteiger partial charge in [0.15, 0.2) is 5.17 Å². The molecule has 1 aliphatic rings. The number of ether oxygens (including phenoxy) is 1. The van der Waals surface area contributed by atoms with E-state index in [0.29, 0.717) is 5.41 Å². The largest absolute Gasteiger partial charge is 0.491 e. The van der Waals surface area contributed by atoms with Crippen LogP contribution in [0, 0.1) is 5.41 Å². The second-order valence-corrected chi connectivity index (χ2v) is 7.03. The molecule has 0 aromatic heterocycles. The zero-order valence-electron chi connectivity index (χ0n) is 12.8. The van der Waals surface area contributed by atoms with Crippen molar-refractivity contribution in [1.82, 2.24) is 0 Å². The smallest absolute Gasteiger partial charge is 0.161 e. The Kier molecular flexibility index (Phi) is 4.97. The number of amidine groups is 1. The molecule has 0 radical (unpaired) electrons. The number of thioether (sulfide) groups is 1. The van der Waals surface area contributed by atoms with Crippen molar-refractivity contribution in [2.45, 2.75) is 40.2 Å². The molecule has 1 N–H and O–H groups in total. The van der Waals surface area contributed by atoms with Gasteiger partial charge in [-0.3, -0.25) is 4.99 Å². The van der Waals surface area contributed by atoms with Crippen LogP contribution < -0.4 is 10.1 Å². The molecule has 0 spiro atoms. The van der Waals surface area contributed by atoms with Crippen molar-refractivity contribution in [3.8, 4) is 5.75 Å². The lowest BCUT2D eigenvalue weighted by atomic mass is 9.97. The number of rotatable bonds is 4. The Hall–Kier alpha value is -1.16. The van der Waals surface area contributed by atoms with Crippen molar-refractivity contribution in [2.24, 2.45) is 10.4 Å². The van der Waals surface area contributed by atoms with Gasteiger partial charge in [-0.25, -0.2) is 0 Å². The van der Waals surface area contributed by atoms with Gasteiger partial charge < -0.3 is 10.1 Å². The number of aliphatic imine (C=N–C) groups is 1. The van der Waals surface area contributed by atoms with Gasteiger partial charge in [-0.15, -0.1) is 0 Å². The fourth-order valence-corrected chi connectivity index (χ4v) is 2.77. The molecule has 1 heterocycles. The lowest BCUT2D eigenvalue weighted by Gasteiger charge is -2.27. The highest BCUT2D eigenvalue weighted by molar-refractivity contribution is 8.14. The number of hydrogen-bond acceptors (Lipinski definition) is 4. The number of nitrogens with one attached hydrogen (secondary N) is 1. The number of hydrogen-bond donors (Lipinski definition) is 1. The summed E-state index contributed by atoms with van der Waals surface area (Å²) >= 11 is 1.79.